The second-order valence-corrected chi connectivity index (χ2v) is 4.47. The van der Waals surface area contributed by atoms with Crippen LogP contribution in [0.1, 0.15) is 64.4 Å². The van der Waals surface area contributed by atoms with E-state index in [4.69, 9.17) is 5.73 Å². The van der Waals surface area contributed by atoms with Crippen LogP contribution in [-0.2, 0) is 13.0 Å². The minimum Gasteiger partial charge on any atom is -0.384 e. The van der Waals surface area contributed by atoms with E-state index in [0.717, 1.165) is 36.7 Å². The summed E-state index contributed by atoms with van der Waals surface area (Å²) in [6.07, 6.45) is 4.43. The van der Waals surface area contributed by atoms with Crippen molar-refractivity contribution < 1.29 is 0 Å². The molecule has 1 heterocycles. The molecule has 0 spiro atoms. The van der Waals surface area contributed by atoms with Gasteiger partial charge in [-0.05, 0) is 12.8 Å². The maximum absolute atomic E-state index is 6.20. The minimum atomic E-state index is 0.466. The van der Waals surface area contributed by atoms with Crippen molar-refractivity contribution in [2.75, 3.05) is 5.73 Å². The van der Waals surface area contributed by atoms with E-state index in [1.165, 1.54) is 12.8 Å². The van der Waals surface area contributed by atoms with E-state index in [2.05, 4.69) is 37.2 Å². The van der Waals surface area contributed by atoms with Crippen molar-refractivity contribution in [2.24, 2.45) is 0 Å². The number of hydrogen-bond donors (Lipinski definition) is 1. The fourth-order valence-electron chi connectivity index (χ4n) is 1.93. The Balaban J connectivity index is 3.00. The van der Waals surface area contributed by atoms with Crippen molar-refractivity contribution in [3.05, 3.63) is 11.5 Å². The molecule has 3 nitrogen and oxygen atoms in total. The Hall–Kier alpha value is -0.990. The van der Waals surface area contributed by atoms with Crippen LogP contribution in [0.2, 0.25) is 0 Å². The summed E-state index contributed by atoms with van der Waals surface area (Å²) in [5.74, 6) is 2.49. The highest BCUT2D eigenvalue weighted by Crippen LogP contribution is 2.25. The topological polar surface area (TPSA) is 43.8 Å². The maximum Gasteiger partial charge on any atom is 0.127 e. The molecular formula is C13H25N3. The molecule has 2 N–H and O–H groups in total. The van der Waals surface area contributed by atoms with Crippen LogP contribution in [0.25, 0.3) is 0 Å². The van der Waals surface area contributed by atoms with Crippen LogP contribution in [0.3, 0.4) is 0 Å². The Morgan fingerprint density at radius 3 is 2.50 bits per heavy atom. The van der Waals surface area contributed by atoms with Crippen LogP contribution in [-0.4, -0.2) is 9.55 Å². The van der Waals surface area contributed by atoms with Gasteiger partial charge in [-0.2, -0.15) is 0 Å². The van der Waals surface area contributed by atoms with Crippen molar-refractivity contribution in [2.45, 2.75) is 65.8 Å². The van der Waals surface area contributed by atoms with Gasteiger partial charge in [-0.3, -0.25) is 0 Å². The van der Waals surface area contributed by atoms with Gasteiger partial charge in [0.1, 0.15) is 11.6 Å². The number of anilines is 1. The number of unbranched alkanes of at least 4 members (excludes halogenated alkanes) is 1. The van der Waals surface area contributed by atoms with E-state index >= 15 is 0 Å². The molecule has 0 radical (unpaired) electrons. The van der Waals surface area contributed by atoms with Gasteiger partial charge in [0.15, 0.2) is 0 Å². The van der Waals surface area contributed by atoms with Crippen LogP contribution in [0, 0.1) is 0 Å². The first-order chi connectivity index (χ1) is 7.65. The Labute approximate surface area is 99.1 Å². The smallest absolute Gasteiger partial charge is 0.127 e. The number of nitrogens with two attached hydrogens (primary N) is 1. The fraction of sp³-hybridized carbons (Fsp3) is 0.769. The summed E-state index contributed by atoms with van der Waals surface area (Å²) >= 11 is 0. The predicted octanol–water partition coefficient (Wildman–Crippen LogP) is 3.34. The molecule has 1 rings (SSSR count). The van der Waals surface area contributed by atoms with Gasteiger partial charge in [0.25, 0.3) is 0 Å². The standard InChI is InChI=1S/C13H25N3/c1-5-8-9-16-11(7-3)15-12(13(16)14)10(4)6-2/h10H,5-9,14H2,1-4H3. The molecule has 1 aromatic heterocycles. The number of rotatable bonds is 6. The Morgan fingerprint density at radius 2 is 2.00 bits per heavy atom. The van der Waals surface area contributed by atoms with E-state index in [9.17, 15) is 0 Å². The largest absolute Gasteiger partial charge is 0.384 e. The van der Waals surface area contributed by atoms with Gasteiger partial charge >= 0.3 is 0 Å². The number of hydrogen-bond acceptors (Lipinski definition) is 2. The number of aromatic nitrogens is 2. The third kappa shape index (κ3) is 2.57. The molecule has 0 saturated heterocycles. The van der Waals surface area contributed by atoms with Crippen molar-refractivity contribution in [1.29, 1.82) is 0 Å². The zero-order chi connectivity index (χ0) is 12.1. The molecule has 0 aliphatic rings. The highest BCUT2D eigenvalue weighted by atomic mass is 15.1. The molecule has 0 aliphatic carbocycles. The highest BCUT2D eigenvalue weighted by Gasteiger charge is 2.16. The lowest BCUT2D eigenvalue weighted by Crippen LogP contribution is -2.07. The predicted molar refractivity (Wildman–Crippen MR) is 69.6 cm³/mol. The van der Waals surface area contributed by atoms with Crippen molar-refractivity contribution in [1.82, 2.24) is 9.55 Å². The maximum atomic E-state index is 6.20. The Morgan fingerprint density at radius 1 is 1.31 bits per heavy atom. The zero-order valence-electron chi connectivity index (χ0n) is 11.1. The van der Waals surface area contributed by atoms with E-state index in [1.54, 1.807) is 0 Å². The Bertz CT molecular complexity index is 328. The lowest BCUT2D eigenvalue weighted by molar-refractivity contribution is 0.612. The van der Waals surface area contributed by atoms with E-state index in [-0.39, 0.29) is 0 Å². The van der Waals surface area contributed by atoms with Crippen LogP contribution < -0.4 is 5.73 Å². The average Bonchev–Trinajstić information content (AvgIpc) is 2.62. The normalized spacial score (nSPS) is 13.0. The zero-order valence-corrected chi connectivity index (χ0v) is 11.1. The van der Waals surface area contributed by atoms with Crippen molar-refractivity contribution in [3.63, 3.8) is 0 Å². The molecular weight excluding hydrogens is 198 g/mol. The Kier molecular flexibility index (Phi) is 4.84. The van der Waals surface area contributed by atoms with Crippen LogP contribution in [0.4, 0.5) is 5.82 Å². The van der Waals surface area contributed by atoms with Gasteiger partial charge in [0.05, 0.1) is 5.69 Å². The fourth-order valence-corrected chi connectivity index (χ4v) is 1.93. The lowest BCUT2D eigenvalue weighted by Gasteiger charge is -2.09. The van der Waals surface area contributed by atoms with Crippen molar-refractivity contribution >= 4 is 5.82 Å². The number of nitrogen functional groups attached to an aromatic ring is 1. The number of imidazole rings is 1. The van der Waals surface area contributed by atoms with Gasteiger partial charge in [0, 0.05) is 18.9 Å². The SMILES string of the molecule is CCCCn1c(CC)nc(C(C)CC)c1N. The van der Waals surface area contributed by atoms with Gasteiger partial charge in [-0.25, -0.2) is 4.98 Å². The quantitative estimate of drug-likeness (QED) is 0.803. The van der Waals surface area contributed by atoms with Crippen LogP contribution in [0.15, 0.2) is 0 Å². The summed E-state index contributed by atoms with van der Waals surface area (Å²) in [4.78, 5) is 4.69. The highest BCUT2D eigenvalue weighted by molar-refractivity contribution is 5.40. The number of nitrogens with zero attached hydrogens (tertiary/aromatic N) is 2. The van der Waals surface area contributed by atoms with Gasteiger partial charge in [0.2, 0.25) is 0 Å². The molecule has 3 heteroatoms. The number of aryl methyl sites for hydroxylation is 1. The third-order valence-corrected chi connectivity index (χ3v) is 3.24. The molecule has 1 aromatic rings. The lowest BCUT2D eigenvalue weighted by atomic mass is 10.1. The summed E-state index contributed by atoms with van der Waals surface area (Å²) in [6, 6.07) is 0. The van der Waals surface area contributed by atoms with Crippen molar-refractivity contribution in [3.8, 4) is 0 Å². The second kappa shape index (κ2) is 5.92. The van der Waals surface area contributed by atoms with Crippen LogP contribution >= 0.6 is 0 Å². The molecule has 0 bridgehead atoms. The molecule has 0 saturated carbocycles. The molecule has 0 aromatic carbocycles. The third-order valence-electron chi connectivity index (χ3n) is 3.24. The van der Waals surface area contributed by atoms with E-state index in [0.29, 0.717) is 5.92 Å². The van der Waals surface area contributed by atoms with E-state index < -0.39 is 0 Å². The first-order valence-corrected chi connectivity index (χ1v) is 6.50. The molecule has 0 amide bonds. The summed E-state index contributed by atoms with van der Waals surface area (Å²) in [6.45, 7) is 9.73. The van der Waals surface area contributed by atoms with Gasteiger partial charge in [-0.1, -0.05) is 34.1 Å². The summed E-state index contributed by atoms with van der Waals surface area (Å²) in [5, 5.41) is 0. The molecule has 1 atom stereocenters. The summed E-state index contributed by atoms with van der Waals surface area (Å²) in [5.41, 5.74) is 7.29. The first-order valence-electron chi connectivity index (χ1n) is 6.50. The molecule has 1 unspecified atom stereocenters. The molecule has 16 heavy (non-hydrogen) atoms. The molecule has 92 valence electrons. The summed E-state index contributed by atoms with van der Waals surface area (Å²) < 4.78 is 2.20. The average molecular weight is 223 g/mol. The summed E-state index contributed by atoms with van der Waals surface area (Å²) in [7, 11) is 0. The second-order valence-electron chi connectivity index (χ2n) is 4.47. The monoisotopic (exact) mass is 223 g/mol. The van der Waals surface area contributed by atoms with Gasteiger partial charge in [-0.15, -0.1) is 0 Å². The van der Waals surface area contributed by atoms with Crippen LogP contribution in [0.5, 0.6) is 0 Å². The van der Waals surface area contributed by atoms with E-state index in [1.807, 2.05) is 0 Å². The minimum absolute atomic E-state index is 0.466. The van der Waals surface area contributed by atoms with Gasteiger partial charge < -0.3 is 10.3 Å². The molecule has 0 aliphatic heterocycles. The first kappa shape index (κ1) is 13.1. The molecule has 0 fully saturated rings.